The third kappa shape index (κ3) is 3.34. The molecule has 1 heterocycles. The minimum absolute atomic E-state index is 0.287. The highest BCUT2D eigenvalue weighted by Crippen LogP contribution is 2.17. The quantitative estimate of drug-likeness (QED) is 0.914. The van der Waals surface area contributed by atoms with Gasteiger partial charge in [0, 0.05) is 38.7 Å². The maximum absolute atomic E-state index is 11.9. The van der Waals surface area contributed by atoms with E-state index in [0.717, 1.165) is 11.3 Å². The molecular formula is C14H17N3O2S. The molecule has 2 aromatic rings. The third-order valence-corrected chi connectivity index (χ3v) is 4.68. The van der Waals surface area contributed by atoms with Crippen LogP contribution in [0, 0.1) is 0 Å². The molecule has 0 amide bonds. The summed E-state index contributed by atoms with van der Waals surface area (Å²) < 4.78 is 25.0. The largest absolute Gasteiger partial charge is 0.381 e. The van der Waals surface area contributed by atoms with Gasteiger partial charge in [-0.3, -0.25) is 4.98 Å². The summed E-state index contributed by atoms with van der Waals surface area (Å²) in [5.74, 6) is 0. The van der Waals surface area contributed by atoms with Gasteiger partial charge in [-0.15, -0.1) is 0 Å². The first-order valence-corrected chi connectivity index (χ1v) is 7.59. The lowest BCUT2D eigenvalue weighted by atomic mass is 10.2. The summed E-state index contributed by atoms with van der Waals surface area (Å²) in [5.41, 5.74) is 1.93. The summed E-state index contributed by atoms with van der Waals surface area (Å²) in [6.07, 6.45) is 3.52. The fourth-order valence-electron chi connectivity index (χ4n) is 1.66. The van der Waals surface area contributed by atoms with Crippen LogP contribution in [-0.4, -0.2) is 31.8 Å². The van der Waals surface area contributed by atoms with E-state index in [1.807, 2.05) is 12.1 Å². The molecule has 1 aromatic carbocycles. The molecule has 6 heteroatoms. The Bertz CT molecular complexity index is 653. The number of sulfonamides is 1. The molecule has 0 radical (unpaired) electrons. The van der Waals surface area contributed by atoms with Gasteiger partial charge in [-0.25, -0.2) is 12.7 Å². The second-order valence-corrected chi connectivity index (χ2v) is 6.68. The van der Waals surface area contributed by atoms with Gasteiger partial charge in [0.15, 0.2) is 0 Å². The van der Waals surface area contributed by atoms with Crippen LogP contribution in [0.3, 0.4) is 0 Å². The molecule has 1 N–H and O–H groups in total. The van der Waals surface area contributed by atoms with Crippen molar-refractivity contribution in [3.8, 4) is 0 Å². The number of nitrogens with zero attached hydrogens (tertiary/aromatic N) is 2. The van der Waals surface area contributed by atoms with Crippen LogP contribution in [0.4, 0.5) is 5.69 Å². The predicted octanol–water partition coefficient (Wildman–Crippen LogP) is 1.94. The molecule has 1 aromatic heterocycles. The van der Waals surface area contributed by atoms with Crippen LogP contribution >= 0.6 is 0 Å². The van der Waals surface area contributed by atoms with Crippen molar-refractivity contribution >= 4 is 15.7 Å². The van der Waals surface area contributed by atoms with Crippen molar-refractivity contribution in [2.45, 2.75) is 11.4 Å². The highest BCUT2D eigenvalue weighted by atomic mass is 32.2. The number of hydrogen-bond acceptors (Lipinski definition) is 4. The molecule has 5 nitrogen and oxygen atoms in total. The van der Waals surface area contributed by atoms with Crippen molar-refractivity contribution in [2.24, 2.45) is 0 Å². The van der Waals surface area contributed by atoms with Crippen LogP contribution in [0.5, 0.6) is 0 Å². The maximum atomic E-state index is 11.9. The zero-order chi connectivity index (χ0) is 14.6. The van der Waals surface area contributed by atoms with Gasteiger partial charge in [0.1, 0.15) is 0 Å². The molecule has 0 atom stereocenters. The van der Waals surface area contributed by atoms with Crippen LogP contribution in [0.2, 0.25) is 0 Å². The summed E-state index contributed by atoms with van der Waals surface area (Å²) in [6, 6.07) is 10.6. The minimum atomic E-state index is -3.37. The fraction of sp³-hybridized carbons (Fsp3) is 0.214. The van der Waals surface area contributed by atoms with E-state index in [0.29, 0.717) is 6.54 Å². The van der Waals surface area contributed by atoms with Crippen molar-refractivity contribution in [3.63, 3.8) is 0 Å². The molecule has 0 fully saturated rings. The Kier molecular flexibility index (Phi) is 4.36. The molecule has 106 valence electrons. The lowest BCUT2D eigenvalue weighted by Gasteiger charge is -2.12. The number of hydrogen-bond donors (Lipinski definition) is 1. The second-order valence-electron chi connectivity index (χ2n) is 4.53. The topological polar surface area (TPSA) is 62.3 Å². The molecule has 0 aliphatic carbocycles. The number of nitrogens with one attached hydrogen (secondary N) is 1. The Labute approximate surface area is 119 Å². The summed E-state index contributed by atoms with van der Waals surface area (Å²) in [4.78, 5) is 4.32. The normalized spacial score (nSPS) is 11.6. The summed E-state index contributed by atoms with van der Waals surface area (Å²) in [6.45, 7) is 0.646. The van der Waals surface area contributed by atoms with Crippen molar-refractivity contribution in [2.75, 3.05) is 19.4 Å². The molecule has 0 aliphatic rings. The SMILES string of the molecule is CN(C)S(=O)(=O)c1ccc(NCc2cccnc2)cc1. The van der Waals surface area contributed by atoms with E-state index < -0.39 is 10.0 Å². The fourth-order valence-corrected chi connectivity index (χ4v) is 2.56. The average Bonchev–Trinajstić information content (AvgIpc) is 2.46. The van der Waals surface area contributed by atoms with Gasteiger partial charge in [-0.1, -0.05) is 6.07 Å². The first-order chi connectivity index (χ1) is 9.50. The first-order valence-electron chi connectivity index (χ1n) is 6.15. The molecule has 0 saturated carbocycles. The van der Waals surface area contributed by atoms with Gasteiger partial charge in [0.25, 0.3) is 0 Å². The molecule has 0 spiro atoms. The molecule has 20 heavy (non-hydrogen) atoms. The number of benzene rings is 1. The Balaban J connectivity index is 2.06. The van der Waals surface area contributed by atoms with Crippen molar-refractivity contribution in [1.82, 2.24) is 9.29 Å². The Morgan fingerprint density at radius 1 is 1.15 bits per heavy atom. The monoisotopic (exact) mass is 291 g/mol. The lowest BCUT2D eigenvalue weighted by Crippen LogP contribution is -2.22. The number of pyridine rings is 1. The summed E-state index contributed by atoms with van der Waals surface area (Å²) >= 11 is 0. The zero-order valence-electron chi connectivity index (χ0n) is 11.4. The van der Waals surface area contributed by atoms with Crippen LogP contribution in [-0.2, 0) is 16.6 Å². The molecule has 0 saturated heterocycles. The zero-order valence-corrected chi connectivity index (χ0v) is 12.3. The minimum Gasteiger partial charge on any atom is -0.381 e. The first kappa shape index (κ1) is 14.5. The van der Waals surface area contributed by atoms with Crippen molar-refractivity contribution < 1.29 is 8.42 Å². The van der Waals surface area contributed by atoms with E-state index in [1.165, 1.54) is 18.4 Å². The number of rotatable bonds is 5. The number of anilines is 1. The smallest absolute Gasteiger partial charge is 0.242 e. The average molecular weight is 291 g/mol. The van der Waals surface area contributed by atoms with Crippen molar-refractivity contribution in [3.05, 3.63) is 54.4 Å². The van der Waals surface area contributed by atoms with E-state index in [4.69, 9.17) is 0 Å². The van der Waals surface area contributed by atoms with Crippen LogP contribution in [0.15, 0.2) is 53.7 Å². The molecular weight excluding hydrogens is 274 g/mol. The van der Waals surface area contributed by atoms with Gasteiger partial charge in [0.05, 0.1) is 4.90 Å². The van der Waals surface area contributed by atoms with Gasteiger partial charge in [-0.2, -0.15) is 0 Å². The molecule has 0 bridgehead atoms. The predicted molar refractivity (Wildman–Crippen MR) is 78.9 cm³/mol. The lowest BCUT2D eigenvalue weighted by molar-refractivity contribution is 0.521. The molecule has 0 unspecified atom stereocenters. The van der Waals surface area contributed by atoms with Gasteiger partial charge < -0.3 is 5.32 Å². The van der Waals surface area contributed by atoms with E-state index >= 15 is 0 Å². The van der Waals surface area contributed by atoms with E-state index in [9.17, 15) is 8.42 Å². The molecule has 0 aliphatic heterocycles. The Morgan fingerprint density at radius 2 is 1.85 bits per heavy atom. The highest BCUT2D eigenvalue weighted by Gasteiger charge is 2.16. The Morgan fingerprint density at radius 3 is 2.40 bits per heavy atom. The third-order valence-electron chi connectivity index (χ3n) is 2.85. The Hall–Kier alpha value is -1.92. The standard InChI is InChI=1S/C14H17N3O2S/c1-17(2)20(18,19)14-7-5-13(6-8-14)16-11-12-4-3-9-15-10-12/h3-10,16H,11H2,1-2H3. The highest BCUT2D eigenvalue weighted by molar-refractivity contribution is 7.89. The van der Waals surface area contributed by atoms with E-state index in [-0.39, 0.29) is 4.90 Å². The van der Waals surface area contributed by atoms with Crippen molar-refractivity contribution in [1.29, 1.82) is 0 Å². The van der Waals surface area contributed by atoms with Gasteiger partial charge in [-0.05, 0) is 35.9 Å². The van der Waals surface area contributed by atoms with Crippen LogP contribution in [0.25, 0.3) is 0 Å². The van der Waals surface area contributed by atoms with E-state index in [1.54, 1.807) is 36.7 Å². The summed E-state index contributed by atoms with van der Waals surface area (Å²) in [5, 5.41) is 3.22. The van der Waals surface area contributed by atoms with Gasteiger partial charge in [0.2, 0.25) is 10.0 Å². The second kappa shape index (κ2) is 6.02. The summed E-state index contributed by atoms with van der Waals surface area (Å²) in [7, 11) is -0.330. The maximum Gasteiger partial charge on any atom is 0.242 e. The molecule has 2 rings (SSSR count). The van der Waals surface area contributed by atoms with E-state index in [2.05, 4.69) is 10.3 Å². The van der Waals surface area contributed by atoms with Crippen LogP contribution < -0.4 is 5.32 Å². The number of aromatic nitrogens is 1. The van der Waals surface area contributed by atoms with Crippen LogP contribution in [0.1, 0.15) is 5.56 Å². The van der Waals surface area contributed by atoms with Gasteiger partial charge >= 0.3 is 0 Å².